The number of hydrogen-bond donors (Lipinski definition) is 1. The van der Waals surface area contributed by atoms with Crippen molar-refractivity contribution >= 4 is 23.5 Å². The molecule has 0 saturated heterocycles. The highest BCUT2D eigenvalue weighted by molar-refractivity contribution is 6.30. The number of carbonyl (C=O) groups is 2. The van der Waals surface area contributed by atoms with Crippen molar-refractivity contribution in [2.75, 3.05) is 7.11 Å². The second kappa shape index (κ2) is 9.84. The van der Waals surface area contributed by atoms with Crippen LogP contribution in [0.5, 0.6) is 0 Å². The molecule has 1 atom stereocenters. The minimum Gasteiger partial charge on any atom is -0.467 e. The highest BCUT2D eigenvalue weighted by atomic mass is 35.5. The standard InChI is InChI=1S/C22H20ClN3O4/c1-30-22(29)19(13-15-5-3-2-4-6-15)24-20(27)14-26-21(28)12-11-18(25-26)16-7-9-17(23)10-8-16/h2-12,19H,13-14H2,1H3,(H,24,27)/t19-/m1/s1. The molecule has 154 valence electrons. The van der Waals surface area contributed by atoms with Gasteiger partial charge in [0.25, 0.3) is 5.56 Å². The smallest absolute Gasteiger partial charge is 0.328 e. The molecule has 3 aromatic rings. The molecule has 0 bridgehead atoms. The lowest BCUT2D eigenvalue weighted by molar-refractivity contribution is -0.145. The van der Waals surface area contributed by atoms with Gasteiger partial charge in [-0.25, -0.2) is 9.48 Å². The number of hydrogen-bond acceptors (Lipinski definition) is 5. The van der Waals surface area contributed by atoms with Crippen LogP contribution in [0.4, 0.5) is 0 Å². The number of esters is 1. The van der Waals surface area contributed by atoms with Gasteiger partial charge in [-0.1, -0.05) is 54.1 Å². The van der Waals surface area contributed by atoms with Crippen LogP contribution in [0.15, 0.2) is 71.5 Å². The first-order valence-corrected chi connectivity index (χ1v) is 9.59. The Hall–Kier alpha value is -3.45. The predicted octanol–water partition coefficient (Wildman–Crippen LogP) is 2.46. The summed E-state index contributed by atoms with van der Waals surface area (Å²) in [5.74, 6) is -1.09. The van der Waals surface area contributed by atoms with Gasteiger partial charge in [-0.05, 0) is 23.8 Å². The van der Waals surface area contributed by atoms with Gasteiger partial charge < -0.3 is 10.1 Å². The summed E-state index contributed by atoms with van der Waals surface area (Å²) in [6.45, 7) is -0.331. The summed E-state index contributed by atoms with van der Waals surface area (Å²) < 4.78 is 5.85. The van der Waals surface area contributed by atoms with E-state index in [-0.39, 0.29) is 13.0 Å². The molecule has 1 amide bonds. The highest BCUT2D eigenvalue weighted by Gasteiger charge is 2.22. The maximum absolute atomic E-state index is 12.5. The third kappa shape index (κ3) is 5.55. The number of aromatic nitrogens is 2. The fourth-order valence-corrected chi connectivity index (χ4v) is 3.02. The van der Waals surface area contributed by atoms with Gasteiger partial charge in [0.2, 0.25) is 5.91 Å². The molecule has 1 N–H and O–H groups in total. The van der Waals surface area contributed by atoms with Crippen molar-refractivity contribution in [1.82, 2.24) is 15.1 Å². The largest absolute Gasteiger partial charge is 0.467 e. The minimum atomic E-state index is -0.875. The van der Waals surface area contributed by atoms with Crippen molar-refractivity contribution in [3.63, 3.8) is 0 Å². The van der Waals surface area contributed by atoms with Crippen LogP contribution >= 0.6 is 11.6 Å². The number of rotatable bonds is 7. The summed E-state index contributed by atoms with van der Waals surface area (Å²) in [6, 6.07) is 18.3. The van der Waals surface area contributed by atoms with Gasteiger partial charge in [0.05, 0.1) is 12.8 Å². The van der Waals surface area contributed by atoms with Crippen LogP contribution < -0.4 is 10.9 Å². The van der Waals surface area contributed by atoms with E-state index >= 15 is 0 Å². The van der Waals surface area contributed by atoms with E-state index < -0.39 is 23.5 Å². The first kappa shape index (κ1) is 21.3. The predicted molar refractivity (Wildman–Crippen MR) is 113 cm³/mol. The summed E-state index contributed by atoms with van der Waals surface area (Å²) in [5.41, 5.74) is 1.71. The average Bonchev–Trinajstić information content (AvgIpc) is 2.75. The average molecular weight is 426 g/mol. The van der Waals surface area contributed by atoms with Crippen molar-refractivity contribution in [2.24, 2.45) is 0 Å². The number of nitrogens with zero attached hydrogens (tertiary/aromatic N) is 2. The number of methoxy groups -OCH3 is 1. The molecule has 0 saturated carbocycles. The lowest BCUT2D eigenvalue weighted by Gasteiger charge is -2.17. The van der Waals surface area contributed by atoms with Crippen LogP contribution in [0.25, 0.3) is 11.3 Å². The number of carbonyl (C=O) groups excluding carboxylic acids is 2. The number of benzene rings is 2. The first-order valence-electron chi connectivity index (χ1n) is 9.21. The number of halogens is 1. The summed E-state index contributed by atoms with van der Waals surface area (Å²) in [7, 11) is 1.26. The zero-order valence-corrected chi connectivity index (χ0v) is 17.0. The molecule has 7 nitrogen and oxygen atoms in total. The van der Waals surface area contributed by atoms with Crippen LogP contribution in [-0.4, -0.2) is 34.8 Å². The highest BCUT2D eigenvalue weighted by Crippen LogP contribution is 2.18. The number of nitrogens with one attached hydrogen (secondary N) is 1. The van der Waals surface area contributed by atoms with Crippen LogP contribution in [0, 0.1) is 0 Å². The van der Waals surface area contributed by atoms with E-state index in [0.29, 0.717) is 10.7 Å². The third-order valence-electron chi connectivity index (χ3n) is 4.40. The molecule has 0 unspecified atom stereocenters. The normalized spacial score (nSPS) is 11.5. The lowest BCUT2D eigenvalue weighted by Crippen LogP contribution is -2.45. The Morgan fingerprint density at radius 1 is 1.07 bits per heavy atom. The van der Waals surface area contributed by atoms with Gasteiger partial charge in [0, 0.05) is 23.1 Å². The molecule has 2 aromatic carbocycles. The Labute approximate surface area is 178 Å². The lowest BCUT2D eigenvalue weighted by atomic mass is 10.1. The quantitative estimate of drug-likeness (QED) is 0.587. The zero-order chi connectivity index (χ0) is 21.5. The zero-order valence-electron chi connectivity index (χ0n) is 16.2. The van der Waals surface area contributed by atoms with Crippen molar-refractivity contribution in [3.05, 3.63) is 87.7 Å². The van der Waals surface area contributed by atoms with Crippen molar-refractivity contribution < 1.29 is 14.3 Å². The van der Waals surface area contributed by atoms with Gasteiger partial charge in [-0.2, -0.15) is 5.10 Å². The van der Waals surface area contributed by atoms with E-state index in [1.165, 1.54) is 13.2 Å². The summed E-state index contributed by atoms with van der Waals surface area (Å²) in [4.78, 5) is 36.8. The van der Waals surface area contributed by atoms with E-state index in [1.807, 2.05) is 30.3 Å². The van der Waals surface area contributed by atoms with Gasteiger partial charge in [0.15, 0.2) is 0 Å². The molecule has 3 rings (SSSR count). The second-order valence-corrected chi connectivity index (χ2v) is 6.99. The molecule has 0 spiro atoms. The van der Waals surface area contributed by atoms with Gasteiger partial charge >= 0.3 is 5.97 Å². The summed E-state index contributed by atoms with van der Waals surface area (Å²) in [5, 5.41) is 7.46. The molecule has 0 fully saturated rings. The third-order valence-corrected chi connectivity index (χ3v) is 4.66. The molecule has 1 heterocycles. The Morgan fingerprint density at radius 2 is 1.77 bits per heavy atom. The Kier molecular flexibility index (Phi) is 6.98. The molecule has 8 heteroatoms. The maximum atomic E-state index is 12.5. The van der Waals surface area contributed by atoms with Crippen molar-refractivity contribution in [1.29, 1.82) is 0 Å². The van der Waals surface area contributed by atoms with E-state index in [1.54, 1.807) is 30.3 Å². The van der Waals surface area contributed by atoms with Gasteiger partial charge in [-0.3, -0.25) is 9.59 Å². The minimum absolute atomic E-state index is 0.270. The molecule has 0 aliphatic rings. The molecule has 0 aliphatic carbocycles. The fraction of sp³-hybridized carbons (Fsp3) is 0.182. The first-order chi connectivity index (χ1) is 14.5. The topological polar surface area (TPSA) is 90.3 Å². The SMILES string of the molecule is COC(=O)[C@@H](Cc1ccccc1)NC(=O)Cn1nc(-c2ccc(Cl)cc2)ccc1=O. The van der Waals surface area contributed by atoms with Crippen LogP contribution in [0.3, 0.4) is 0 Å². The monoisotopic (exact) mass is 425 g/mol. The van der Waals surface area contributed by atoms with Crippen LogP contribution in [0.1, 0.15) is 5.56 Å². The van der Waals surface area contributed by atoms with Crippen LogP contribution in [-0.2, 0) is 27.3 Å². The second-order valence-electron chi connectivity index (χ2n) is 6.55. The van der Waals surface area contributed by atoms with E-state index in [2.05, 4.69) is 10.4 Å². The number of ether oxygens (including phenoxy) is 1. The molecule has 0 radical (unpaired) electrons. The Bertz CT molecular complexity index is 1080. The molecule has 30 heavy (non-hydrogen) atoms. The van der Waals surface area contributed by atoms with E-state index in [9.17, 15) is 14.4 Å². The molecule has 1 aromatic heterocycles. The van der Waals surface area contributed by atoms with Gasteiger partial charge in [0.1, 0.15) is 12.6 Å². The molecular weight excluding hydrogens is 406 g/mol. The van der Waals surface area contributed by atoms with Crippen LogP contribution in [0.2, 0.25) is 5.02 Å². The maximum Gasteiger partial charge on any atom is 0.328 e. The Balaban J connectivity index is 1.75. The van der Waals surface area contributed by atoms with Crippen molar-refractivity contribution in [3.8, 4) is 11.3 Å². The fourth-order valence-electron chi connectivity index (χ4n) is 2.90. The summed E-state index contributed by atoms with van der Waals surface area (Å²) >= 11 is 5.90. The van der Waals surface area contributed by atoms with E-state index in [0.717, 1.165) is 15.8 Å². The Morgan fingerprint density at radius 3 is 2.43 bits per heavy atom. The van der Waals surface area contributed by atoms with Gasteiger partial charge in [-0.15, -0.1) is 0 Å². The van der Waals surface area contributed by atoms with E-state index in [4.69, 9.17) is 16.3 Å². The van der Waals surface area contributed by atoms with Crippen molar-refractivity contribution in [2.45, 2.75) is 19.0 Å². The molecular formula is C22H20ClN3O4. The molecule has 0 aliphatic heterocycles. The number of amides is 1. The summed E-state index contributed by atoms with van der Waals surface area (Å²) in [6.07, 6.45) is 0.270.